The van der Waals surface area contributed by atoms with Gasteiger partial charge in [-0.05, 0) is 44.8 Å². The Bertz CT molecular complexity index is 3110. The van der Waals surface area contributed by atoms with E-state index in [4.69, 9.17) is 33.1 Å². The molecule has 1 fully saturated rings. The van der Waals surface area contributed by atoms with Crippen LogP contribution in [0.1, 0.15) is 84.2 Å². The van der Waals surface area contributed by atoms with Crippen LogP contribution in [0, 0.1) is 42.4 Å². The Balaban J connectivity index is 1.29. The third-order valence-electron chi connectivity index (χ3n) is 15.0. The number of rotatable bonds is 11. The van der Waals surface area contributed by atoms with Crippen LogP contribution < -0.4 is 20.4 Å². The Morgan fingerprint density at radius 2 is 1.62 bits per heavy atom. The van der Waals surface area contributed by atoms with Gasteiger partial charge >= 0.3 is 17.7 Å². The summed E-state index contributed by atoms with van der Waals surface area (Å²) in [5, 5.41) is 48.7. The molecule has 0 radical (unpaired) electrons. The summed E-state index contributed by atoms with van der Waals surface area (Å²) in [6, 6.07) is 3.05. The number of ether oxygens (including phenoxy) is 5. The fourth-order valence-electron chi connectivity index (χ4n) is 9.92. The average molecular weight is 1070 g/mol. The number of fused-ring (bicyclic) bond motifs is 14. The first-order valence-corrected chi connectivity index (χ1v) is 25.4. The van der Waals surface area contributed by atoms with Crippen LogP contribution in [0.4, 0.5) is 11.4 Å². The minimum Gasteiger partial charge on any atom is -0.507 e. The zero-order valence-electron chi connectivity index (χ0n) is 44.5. The van der Waals surface area contributed by atoms with Crippen LogP contribution in [0.3, 0.4) is 0 Å². The van der Waals surface area contributed by atoms with Gasteiger partial charge in [0.25, 0.3) is 11.7 Å². The van der Waals surface area contributed by atoms with E-state index in [0.717, 1.165) is 0 Å². The summed E-state index contributed by atoms with van der Waals surface area (Å²) in [6.45, 7) is 19.4. The Hall–Kier alpha value is -7.78. The van der Waals surface area contributed by atoms with Crippen molar-refractivity contribution in [3.8, 4) is 28.7 Å². The summed E-state index contributed by atoms with van der Waals surface area (Å²) in [4.78, 5) is 98.8. The van der Waals surface area contributed by atoms with Crippen molar-refractivity contribution in [2.24, 2.45) is 35.5 Å². The lowest BCUT2D eigenvalue weighted by atomic mass is 9.77. The van der Waals surface area contributed by atoms with Gasteiger partial charge in [0.1, 0.15) is 52.8 Å². The van der Waals surface area contributed by atoms with Crippen molar-refractivity contribution in [3.05, 3.63) is 82.1 Å². The number of aromatic hydroxyl groups is 2. The van der Waals surface area contributed by atoms with E-state index in [1.54, 1.807) is 45.1 Å². The molecule has 0 saturated carbocycles. The molecule has 21 nitrogen and oxygen atoms in total. The van der Waals surface area contributed by atoms with Gasteiger partial charge in [-0.1, -0.05) is 52.8 Å². The van der Waals surface area contributed by atoms with Crippen molar-refractivity contribution < 1.29 is 77.3 Å². The van der Waals surface area contributed by atoms with Crippen molar-refractivity contribution in [2.75, 3.05) is 43.2 Å². The second kappa shape index (κ2) is 23.2. The number of allylic oxidation sites excluding steroid dienone is 3. The first kappa shape index (κ1) is 56.9. The molecule has 5 heterocycles. The number of Topliss-reactive ketones (excluding diaryl/α,β-unsaturated/α-hetero) is 1. The number of carbonyl (C=O) groups excluding carboxylic acids is 6. The number of aromatic nitrogens is 1. The maximum absolute atomic E-state index is 15.0. The summed E-state index contributed by atoms with van der Waals surface area (Å²) >= 11 is 0. The van der Waals surface area contributed by atoms with Gasteiger partial charge in [0.2, 0.25) is 12.2 Å². The number of nitrogens with zero attached hydrogens (tertiary/aromatic N) is 3. The number of piperazine rings is 1. The molecule has 9 atom stereocenters. The number of benzene rings is 3. The van der Waals surface area contributed by atoms with Crippen LogP contribution in [0.2, 0.25) is 0 Å². The van der Waals surface area contributed by atoms with Crippen molar-refractivity contribution in [1.82, 2.24) is 9.88 Å². The van der Waals surface area contributed by atoms with Gasteiger partial charge in [-0.3, -0.25) is 24.0 Å². The highest BCUT2D eigenvalue weighted by molar-refractivity contribution is 6.22. The molecule has 5 N–H and O–H groups in total. The van der Waals surface area contributed by atoms with Gasteiger partial charge in [-0.15, -0.1) is 0 Å². The van der Waals surface area contributed by atoms with Gasteiger partial charge in [-0.2, -0.15) is 0 Å². The quantitative estimate of drug-likeness (QED) is 0.0213. The average Bonchev–Trinajstić information content (AvgIpc) is 3.74. The predicted octanol–water partition coefficient (Wildman–Crippen LogP) is 6.18. The van der Waals surface area contributed by atoms with E-state index >= 15 is 0 Å². The van der Waals surface area contributed by atoms with Crippen LogP contribution in [-0.2, 0) is 42.9 Å². The number of hydrogen-bond acceptors (Lipinski definition) is 20. The van der Waals surface area contributed by atoms with Gasteiger partial charge in [0.05, 0.1) is 35.3 Å². The number of nitrogens with one attached hydrogen (secondary N) is 1. The van der Waals surface area contributed by atoms with E-state index in [2.05, 4.69) is 11.9 Å². The summed E-state index contributed by atoms with van der Waals surface area (Å²) in [7, 11) is 0. The van der Waals surface area contributed by atoms with Gasteiger partial charge < -0.3 is 73.2 Å². The molecule has 8 rings (SSSR count). The highest BCUT2D eigenvalue weighted by atomic mass is 16.7. The molecule has 1 amide bonds. The largest absolute Gasteiger partial charge is 0.507 e. The molecule has 0 aromatic heterocycles. The first-order valence-electron chi connectivity index (χ1n) is 25.4. The fraction of sp³-hybridized carbons (Fsp3) is 0.464. The summed E-state index contributed by atoms with van der Waals surface area (Å²) < 4.78 is 35.3. The summed E-state index contributed by atoms with van der Waals surface area (Å²) in [6.07, 6.45) is 5.31. The lowest BCUT2D eigenvalue weighted by Gasteiger charge is -2.37. The standard InChI is InChI=1S/C56H66N4O17/c1-27-16-21-74-56(10)54(70)43-41-42(49(68)33(7)52(43)77-56)50(69)46(58-55(71)29(3)13-11-12-28(2)47(66)31(5)48(67)32(6)51(30(27)4)75-35(9)63)53-45(41)57-44-38(64)22-37(23-39(44)76-53)60-19-17-59(18-20-60)34(8)72-26-73-40(65)15-14-36(24-61)25-62/h11-13,16,21-25,27-28,30-32,36,47-48,51,64,66-68H,8,14-15,17-20,26H2,1-7,9-10H3,(H,58,71)/b12-11+,21-16+,29-13-/t27-,28-,30+,31+,32+,47-,48+,51+,56-/m0/s1. The van der Waals surface area contributed by atoms with Crippen molar-refractivity contribution in [2.45, 2.75) is 99.3 Å². The number of ketones is 1. The van der Waals surface area contributed by atoms with E-state index in [1.807, 2.05) is 23.6 Å². The molecule has 77 heavy (non-hydrogen) atoms. The maximum Gasteiger partial charge on any atom is 0.312 e. The highest BCUT2D eigenvalue weighted by Gasteiger charge is 2.50. The Morgan fingerprint density at radius 3 is 2.29 bits per heavy atom. The molecular weight excluding hydrogens is 1000 g/mol. The number of aliphatic hydroxyl groups excluding tert-OH is 2. The van der Waals surface area contributed by atoms with Gasteiger partial charge in [0, 0.05) is 98.5 Å². The van der Waals surface area contributed by atoms with Crippen LogP contribution >= 0.6 is 0 Å². The van der Waals surface area contributed by atoms with Crippen molar-refractivity contribution in [1.29, 1.82) is 0 Å². The molecular formula is C56H66N4O17. The van der Waals surface area contributed by atoms with Crippen LogP contribution in [0.15, 0.2) is 69.9 Å². The number of carbonyl (C=O) groups is 6. The number of esters is 2. The van der Waals surface area contributed by atoms with E-state index in [1.165, 1.54) is 46.1 Å². The second-order valence-electron chi connectivity index (χ2n) is 20.3. The zero-order valence-corrected chi connectivity index (χ0v) is 44.5. The predicted molar refractivity (Wildman–Crippen MR) is 281 cm³/mol. The Kier molecular flexibility index (Phi) is 17.2. The molecule has 5 aliphatic heterocycles. The van der Waals surface area contributed by atoms with Gasteiger partial charge in [-0.25, -0.2) is 4.98 Å². The van der Waals surface area contributed by atoms with Crippen LogP contribution in [0.5, 0.6) is 17.2 Å². The topological polar surface area (TPSA) is 291 Å². The Morgan fingerprint density at radius 1 is 0.935 bits per heavy atom. The van der Waals surface area contributed by atoms with Crippen molar-refractivity contribution in [3.63, 3.8) is 0 Å². The summed E-state index contributed by atoms with van der Waals surface area (Å²) in [5.41, 5.74) is -1.29. The minimum absolute atomic E-state index is 0.00268. The molecule has 1 saturated heterocycles. The number of phenolic OH excluding ortho intramolecular Hbond substituents is 2. The number of phenols is 2. The molecule has 0 spiro atoms. The number of aldehydes is 2. The molecule has 0 unspecified atom stereocenters. The first-order chi connectivity index (χ1) is 36.4. The van der Waals surface area contributed by atoms with E-state index in [0.29, 0.717) is 44.4 Å². The van der Waals surface area contributed by atoms with Crippen LogP contribution in [0.25, 0.3) is 33.3 Å². The third kappa shape index (κ3) is 11.5. The van der Waals surface area contributed by atoms with Gasteiger partial charge in [0.15, 0.2) is 17.2 Å². The number of hydrogen-bond donors (Lipinski definition) is 5. The number of anilines is 2. The SMILES string of the molecule is C=C(OCOC(=O)CCC(C=O)C=O)N1CCN(c2cc(O)c3nc4c5c6c7c(C)c(O)c5c(=O)c(c-4oc3c2)NC(=O)/C(C)=C\C=C\[C@H](C)[C@H](O)[C@@H](C)[C@@H](O)[C@@H](C)[C@H](OC(C)=O)[C@H](C)[C@@H](C)/C=C/O[C@@](C)(O7)C6=O)CC1. The smallest absolute Gasteiger partial charge is 0.312 e. The molecule has 6 aliphatic rings. The molecule has 21 heteroatoms. The molecule has 2 aromatic carbocycles. The molecule has 2 aromatic rings. The second-order valence-corrected chi connectivity index (χ2v) is 20.3. The normalized spacial score (nSPS) is 26.9. The zero-order chi connectivity index (χ0) is 56.4. The van der Waals surface area contributed by atoms with Crippen LogP contribution in [-0.4, -0.2) is 124 Å². The number of amides is 1. The maximum atomic E-state index is 15.0. The minimum atomic E-state index is -2.08. The lowest BCUT2D eigenvalue weighted by Crippen LogP contribution is -2.46. The Labute approximate surface area is 444 Å². The van der Waals surface area contributed by atoms with E-state index in [9.17, 15) is 54.0 Å². The lowest BCUT2D eigenvalue weighted by molar-refractivity contribution is -0.158. The molecule has 1 aliphatic carbocycles. The van der Waals surface area contributed by atoms with Crippen molar-refractivity contribution >= 4 is 69.4 Å². The summed E-state index contributed by atoms with van der Waals surface area (Å²) in [5.74, 6) is -9.63. The highest BCUT2D eigenvalue weighted by Crippen LogP contribution is 2.51. The monoisotopic (exact) mass is 1070 g/mol. The van der Waals surface area contributed by atoms with E-state index < -0.39 is 112 Å². The molecule has 412 valence electrons. The fourth-order valence-corrected chi connectivity index (χ4v) is 9.92. The molecule has 5 bridgehead atoms. The third-order valence-corrected chi connectivity index (χ3v) is 15.0. The van der Waals surface area contributed by atoms with E-state index in [-0.39, 0.29) is 74.9 Å². The number of aliphatic hydroxyl groups is 2.